The quantitative estimate of drug-likeness (QED) is 0.821. The molecule has 0 fully saturated rings. The molecule has 0 spiro atoms. The minimum absolute atomic E-state index is 0.139. The van der Waals surface area contributed by atoms with Gasteiger partial charge < -0.3 is 10.2 Å². The third-order valence-electron chi connectivity index (χ3n) is 2.97. The van der Waals surface area contributed by atoms with Crippen LogP contribution in [0.3, 0.4) is 0 Å². The monoisotopic (exact) mass is 255 g/mol. The molecular weight excluding hydrogens is 238 g/mol. The molecule has 3 heteroatoms. The molecule has 0 amide bonds. The Morgan fingerprint density at radius 1 is 1.05 bits per heavy atom. The Hall–Kier alpha value is -2.29. The van der Waals surface area contributed by atoms with Crippen LogP contribution in [0.15, 0.2) is 41.4 Å². The summed E-state index contributed by atoms with van der Waals surface area (Å²) in [6.07, 6.45) is 2.45. The summed E-state index contributed by atoms with van der Waals surface area (Å²) < 4.78 is 0. The molecule has 0 aromatic heterocycles. The third kappa shape index (κ3) is 3.13. The summed E-state index contributed by atoms with van der Waals surface area (Å²) >= 11 is 0. The zero-order valence-corrected chi connectivity index (χ0v) is 11.1. The van der Waals surface area contributed by atoms with Crippen molar-refractivity contribution in [2.75, 3.05) is 0 Å². The Labute approximate surface area is 112 Å². The zero-order valence-electron chi connectivity index (χ0n) is 11.1. The number of hydrogen-bond donors (Lipinski definition) is 2. The lowest BCUT2D eigenvalue weighted by Crippen LogP contribution is -1.85. The summed E-state index contributed by atoms with van der Waals surface area (Å²) in [5.41, 5.74) is 3.31. The van der Waals surface area contributed by atoms with Gasteiger partial charge in [-0.2, -0.15) is 0 Å². The van der Waals surface area contributed by atoms with Crippen molar-refractivity contribution in [3.8, 4) is 11.5 Å². The van der Waals surface area contributed by atoms with E-state index in [0.717, 1.165) is 17.5 Å². The molecule has 0 unspecified atom stereocenters. The van der Waals surface area contributed by atoms with Crippen molar-refractivity contribution < 1.29 is 10.2 Å². The van der Waals surface area contributed by atoms with Crippen molar-refractivity contribution in [1.82, 2.24) is 0 Å². The first kappa shape index (κ1) is 13.1. The van der Waals surface area contributed by atoms with Crippen molar-refractivity contribution >= 4 is 11.9 Å². The number of phenolic OH excluding ortho intramolecular Hbond substituents is 2. The molecule has 3 nitrogen and oxygen atoms in total. The minimum Gasteiger partial charge on any atom is -0.507 e. The Kier molecular flexibility index (Phi) is 3.85. The van der Waals surface area contributed by atoms with Crippen LogP contribution < -0.4 is 0 Å². The van der Waals surface area contributed by atoms with Gasteiger partial charge in [0.15, 0.2) is 0 Å². The topological polar surface area (TPSA) is 52.8 Å². The Balaban J connectivity index is 2.34. The molecule has 2 rings (SSSR count). The van der Waals surface area contributed by atoms with Gasteiger partial charge in [-0.15, -0.1) is 0 Å². The maximum Gasteiger partial charge on any atom is 0.141 e. The maximum atomic E-state index is 9.76. The van der Waals surface area contributed by atoms with E-state index in [1.165, 1.54) is 0 Å². The standard InChI is InChI=1S/C16H17NO2/c1-3-12-5-7-16(19)14(9-12)17-10-13-8-11(2)4-6-15(13)18/h4-10,18-19H,3H2,1-2H3. The second kappa shape index (κ2) is 5.57. The fourth-order valence-corrected chi connectivity index (χ4v) is 1.81. The highest BCUT2D eigenvalue weighted by Gasteiger charge is 2.02. The van der Waals surface area contributed by atoms with Crippen molar-refractivity contribution in [3.05, 3.63) is 53.1 Å². The molecule has 19 heavy (non-hydrogen) atoms. The zero-order chi connectivity index (χ0) is 13.8. The first-order chi connectivity index (χ1) is 9.10. The van der Waals surface area contributed by atoms with E-state index in [4.69, 9.17) is 0 Å². The average Bonchev–Trinajstić information content (AvgIpc) is 2.41. The predicted molar refractivity (Wildman–Crippen MR) is 77.6 cm³/mol. The smallest absolute Gasteiger partial charge is 0.141 e. The maximum absolute atomic E-state index is 9.76. The average molecular weight is 255 g/mol. The Morgan fingerprint density at radius 3 is 2.53 bits per heavy atom. The van der Waals surface area contributed by atoms with Gasteiger partial charge in [0.25, 0.3) is 0 Å². The number of rotatable bonds is 3. The van der Waals surface area contributed by atoms with E-state index in [1.54, 1.807) is 18.3 Å². The second-order valence-electron chi connectivity index (χ2n) is 4.50. The van der Waals surface area contributed by atoms with Gasteiger partial charge in [-0.05, 0) is 43.2 Å². The molecule has 0 bridgehead atoms. The van der Waals surface area contributed by atoms with Gasteiger partial charge in [0.05, 0.1) is 0 Å². The van der Waals surface area contributed by atoms with Crippen molar-refractivity contribution in [1.29, 1.82) is 0 Å². The summed E-state index contributed by atoms with van der Waals surface area (Å²) in [5, 5.41) is 19.5. The summed E-state index contributed by atoms with van der Waals surface area (Å²) in [5.74, 6) is 0.320. The highest BCUT2D eigenvalue weighted by molar-refractivity contribution is 5.86. The van der Waals surface area contributed by atoms with Crippen LogP contribution >= 0.6 is 0 Å². The Morgan fingerprint density at radius 2 is 1.79 bits per heavy atom. The molecule has 0 heterocycles. The number of nitrogens with zero attached hydrogens (tertiary/aromatic N) is 1. The van der Waals surface area contributed by atoms with Crippen LogP contribution in [0.5, 0.6) is 11.5 Å². The number of hydrogen-bond acceptors (Lipinski definition) is 3. The Bertz CT molecular complexity index is 618. The van der Waals surface area contributed by atoms with Crippen LogP contribution in [-0.4, -0.2) is 16.4 Å². The lowest BCUT2D eigenvalue weighted by molar-refractivity contribution is 0.473. The van der Waals surface area contributed by atoms with E-state index in [-0.39, 0.29) is 11.5 Å². The fourth-order valence-electron chi connectivity index (χ4n) is 1.81. The molecular formula is C16H17NO2. The number of benzene rings is 2. The molecule has 2 aromatic carbocycles. The SMILES string of the molecule is CCc1ccc(O)c(N=Cc2cc(C)ccc2O)c1. The van der Waals surface area contributed by atoms with Crippen LogP contribution in [0.4, 0.5) is 5.69 Å². The normalized spacial score (nSPS) is 11.1. The highest BCUT2D eigenvalue weighted by Crippen LogP contribution is 2.28. The second-order valence-corrected chi connectivity index (χ2v) is 4.50. The largest absolute Gasteiger partial charge is 0.507 e. The lowest BCUT2D eigenvalue weighted by atomic mass is 10.1. The number of aromatic hydroxyl groups is 2. The minimum atomic E-state index is 0.139. The first-order valence-electron chi connectivity index (χ1n) is 6.25. The fraction of sp³-hybridized carbons (Fsp3) is 0.188. The summed E-state index contributed by atoms with van der Waals surface area (Å²) in [6, 6.07) is 10.7. The van der Waals surface area contributed by atoms with Gasteiger partial charge in [0.1, 0.15) is 17.2 Å². The van der Waals surface area contributed by atoms with Crippen LogP contribution in [0, 0.1) is 6.92 Å². The van der Waals surface area contributed by atoms with Gasteiger partial charge >= 0.3 is 0 Å². The summed E-state index contributed by atoms with van der Waals surface area (Å²) in [7, 11) is 0. The van der Waals surface area contributed by atoms with E-state index < -0.39 is 0 Å². The van der Waals surface area contributed by atoms with Crippen LogP contribution in [-0.2, 0) is 6.42 Å². The van der Waals surface area contributed by atoms with Crippen LogP contribution in [0.25, 0.3) is 0 Å². The van der Waals surface area contributed by atoms with Crippen molar-refractivity contribution in [2.24, 2.45) is 4.99 Å². The van der Waals surface area contributed by atoms with E-state index in [0.29, 0.717) is 11.3 Å². The molecule has 0 radical (unpaired) electrons. The molecule has 0 atom stereocenters. The van der Waals surface area contributed by atoms with Crippen LogP contribution in [0.2, 0.25) is 0 Å². The van der Waals surface area contributed by atoms with Gasteiger partial charge in [-0.25, -0.2) is 0 Å². The van der Waals surface area contributed by atoms with Gasteiger partial charge in [-0.3, -0.25) is 4.99 Å². The molecule has 0 saturated heterocycles. The van der Waals surface area contributed by atoms with E-state index in [1.807, 2.05) is 38.1 Å². The molecule has 0 aliphatic carbocycles. The van der Waals surface area contributed by atoms with Crippen molar-refractivity contribution in [2.45, 2.75) is 20.3 Å². The van der Waals surface area contributed by atoms with Crippen molar-refractivity contribution in [3.63, 3.8) is 0 Å². The number of aliphatic imine (C=N–C) groups is 1. The van der Waals surface area contributed by atoms with E-state index in [9.17, 15) is 10.2 Å². The van der Waals surface area contributed by atoms with E-state index in [2.05, 4.69) is 4.99 Å². The van der Waals surface area contributed by atoms with Crippen LogP contribution in [0.1, 0.15) is 23.6 Å². The number of phenols is 2. The molecule has 0 saturated carbocycles. The summed E-state index contributed by atoms with van der Waals surface area (Å²) in [4.78, 5) is 4.25. The molecule has 0 aliphatic heterocycles. The number of aryl methyl sites for hydroxylation is 2. The van der Waals surface area contributed by atoms with E-state index >= 15 is 0 Å². The predicted octanol–water partition coefficient (Wildman–Crippen LogP) is 3.72. The third-order valence-corrected chi connectivity index (χ3v) is 2.97. The molecule has 0 aliphatic rings. The van der Waals surface area contributed by atoms with Gasteiger partial charge in [-0.1, -0.05) is 24.6 Å². The lowest BCUT2D eigenvalue weighted by Gasteiger charge is -2.03. The molecule has 2 aromatic rings. The van der Waals surface area contributed by atoms with Gasteiger partial charge in [0, 0.05) is 11.8 Å². The molecule has 98 valence electrons. The van der Waals surface area contributed by atoms with Gasteiger partial charge in [0.2, 0.25) is 0 Å². The molecule has 2 N–H and O–H groups in total. The highest BCUT2D eigenvalue weighted by atomic mass is 16.3. The summed E-state index contributed by atoms with van der Waals surface area (Å²) in [6.45, 7) is 4.00. The first-order valence-corrected chi connectivity index (χ1v) is 6.25.